The molecule has 2 aromatic carbocycles. The lowest BCUT2D eigenvalue weighted by molar-refractivity contribution is -0.131. The fourth-order valence-corrected chi connectivity index (χ4v) is 5.14. The molecule has 0 fully saturated rings. The molecular formula is C28H28N4O6S. The summed E-state index contributed by atoms with van der Waals surface area (Å²) in [4.78, 5) is 23.6. The van der Waals surface area contributed by atoms with E-state index in [1.807, 2.05) is 48.1 Å². The monoisotopic (exact) mass is 548 g/mol. The summed E-state index contributed by atoms with van der Waals surface area (Å²) >= 11 is 1.02. The Morgan fingerprint density at radius 3 is 2.15 bits per heavy atom. The zero-order valence-electron chi connectivity index (χ0n) is 22.1. The van der Waals surface area contributed by atoms with Gasteiger partial charge in [-0.15, -0.1) is 10.2 Å². The summed E-state index contributed by atoms with van der Waals surface area (Å²) < 4.78 is 14.5. The Morgan fingerprint density at radius 1 is 0.974 bits per heavy atom. The number of aliphatic carboxylic acids is 1. The van der Waals surface area contributed by atoms with Gasteiger partial charge in [0.25, 0.3) is 0 Å². The van der Waals surface area contributed by atoms with E-state index in [0.29, 0.717) is 29.0 Å². The lowest BCUT2D eigenvalue weighted by Crippen LogP contribution is -2.03. The second kappa shape index (κ2) is 11.5. The molecule has 0 bridgehead atoms. The Kier molecular flexibility index (Phi) is 8.10. The number of benzene rings is 2. The van der Waals surface area contributed by atoms with E-state index in [1.54, 1.807) is 38.5 Å². The first kappa shape index (κ1) is 27.5. The zero-order valence-corrected chi connectivity index (χ0v) is 22.9. The third-order valence-electron chi connectivity index (χ3n) is 6.18. The standard InChI is InChI=1S/C28H28N4O6S/c1-6-31-25(20-12-22(37-4)15-23(13-20)38-5)29-30-28(31)39-24(27(35)36)14-19-11-16(2)32(17(19)3)21-9-7-18(8-10-21)26(33)34/h7-15H,6H2,1-5H3,(H,33,34)(H,35,36)/b24-14-. The van der Waals surface area contributed by atoms with E-state index in [0.717, 1.165) is 40.0 Å². The Balaban J connectivity index is 1.70. The van der Waals surface area contributed by atoms with Gasteiger partial charge in [0.1, 0.15) is 16.4 Å². The number of nitrogens with zero attached hydrogens (tertiary/aromatic N) is 4. The van der Waals surface area contributed by atoms with Crippen LogP contribution in [0.4, 0.5) is 0 Å². The molecule has 0 amide bonds. The maximum absolute atomic E-state index is 12.3. The van der Waals surface area contributed by atoms with Crippen molar-refractivity contribution < 1.29 is 29.3 Å². The van der Waals surface area contributed by atoms with Crippen molar-refractivity contribution in [3.63, 3.8) is 0 Å². The first-order valence-corrected chi connectivity index (χ1v) is 12.8. The molecule has 2 heterocycles. The maximum Gasteiger partial charge on any atom is 0.342 e. The van der Waals surface area contributed by atoms with Crippen LogP contribution in [0.15, 0.2) is 58.6 Å². The average Bonchev–Trinajstić information content (AvgIpc) is 3.46. The fraction of sp³-hybridized carbons (Fsp3) is 0.214. The van der Waals surface area contributed by atoms with E-state index in [9.17, 15) is 19.8 Å². The number of ether oxygens (including phenoxy) is 2. The lowest BCUT2D eigenvalue weighted by Gasteiger charge is -2.11. The summed E-state index contributed by atoms with van der Waals surface area (Å²) in [6.07, 6.45) is 1.61. The number of carboxylic acids is 2. The van der Waals surface area contributed by atoms with E-state index >= 15 is 0 Å². The van der Waals surface area contributed by atoms with Crippen molar-refractivity contribution in [1.82, 2.24) is 19.3 Å². The Labute approximate surface area is 229 Å². The Bertz CT molecular complexity index is 1550. The van der Waals surface area contributed by atoms with Gasteiger partial charge in [-0.2, -0.15) is 0 Å². The van der Waals surface area contributed by atoms with Gasteiger partial charge >= 0.3 is 11.9 Å². The van der Waals surface area contributed by atoms with Crippen LogP contribution in [0.1, 0.15) is 34.2 Å². The minimum absolute atomic E-state index is 0.0772. The number of carbonyl (C=O) groups is 2. The summed E-state index contributed by atoms with van der Waals surface area (Å²) in [6.45, 7) is 6.24. The number of rotatable bonds is 10. The molecule has 39 heavy (non-hydrogen) atoms. The highest BCUT2D eigenvalue weighted by atomic mass is 32.2. The average molecular weight is 549 g/mol. The van der Waals surface area contributed by atoms with E-state index in [4.69, 9.17) is 9.47 Å². The SMILES string of the molecule is CCn1c(S/C(=C\c2cc(C)n(-c3ccc(C(=O)O)cc3)c2C)C(=O)O)nnc1-c1cc(OC)cc(OC)c1. The van der Waals surface area contributed by atoms with Gasteiger partial charge in [0.15, 0.2) is 11.0 Å². The van der Waals surface area contributed by atoms with Crippen molar-refractivity contribution in [2.75, 3.05) is 14.2 Å². The number of methoxy groups -OCH3 is 2. The second-order valence-electron chi connectivity index (χ2n) is 8.58. The van der Waals surface area contributed by atoms with Crippen LogP contribution in [-0.2, 0) is 11.3 Å². The molecule has 4 aromatic rings. The van der Waals surface area contributed by atoms with Gasteiger partial charge in [0, 0.05) is 35.2 Å². The number of aromatic nitrogens is 4. The molecule has 11 heteroatoms. The van der Waals surface area contributed by atoms with Gasteiger partial charge in [-0.1, -0.05) is 0 Å². The van der Waals surface area contributed by atoms with Crippen LogP contribution in [0.5, 0.6) is 11.5 Å². The molecular weight excluding hydrogens is 520 g/mol. The Morgan fingerprint density at radius 2 is 1.62 bits per heavy atom. The second-order valence-corrected chi connectivity index (χ2v) is 9.59. The molecule has 0 unspecified atom stereocenters. The van der Waals surface area contributed by atoms with Crippen molar-refractivity contribution in [3.05, 3.63) is 76.0 Å². The third kappa shape index (κ3) is 5.68. The normalized spacial score (nSPS) is 11.5. The summed E-state index contributed by atoms with van der Waals surface area (Å²) in [6, 6.07) is 13.8. The highest BCUT2D eigenvalue weighted by Crippen LogP contribution is 2.34. The predicted molar refractivity (Wildman–Crippen MR) is 148 cm³/mol. The molecule has 0 aliphatic rings. The number of hydrogen-bond acceptors (Lipinski definition) is 7. The number of thioether (sulfide) groups is 1. The molecule has 0 aliphatic heterocycles. The van der Waals surface area contributed by atoms with Crippen LogP contribution in [0.2, 0.25) is 0 Å². The molecule has 2 aromatic heterocycles. The van der Waals surface area contributed by atoms with Crippen LogP contribution in [0.3, 0.4) is 0 Å². The molecule has 202 valence electrons. The van der Waals surface area contributed by atoms with Crippen LogP contribution in [0, 0.1) is 13.8 Å². The number of hydrogen-bond donors (Lipinski definition) is 2. The fourth-order valence-electron chi connectivity index (χ4n) is 4.26. The summed E-state index contributed by atoms with van der Waals surface area (Å²) in [5.41, 5.74) is 4.12. The lowest BCUT2D eigenvalue weighted by atomic mass is 10.2. The molecule has 0 saturated carbocycles. The quantitative estimate of drug-likeness (QED) is 0.200. The first-order valence-electron chi connectivity index (χ1n) is 12.0. The van der Waals surface area contributed by atoms with Crippen molar-refractivity contribution in [2.45, 2.75) is 32.5 Å². The molecule has 0 aliphatic carbocycles. The van der Waals surface area contributed by atoms with Gasteiger partial charge in [-0.3, -0.25) is 0 Å². The van der Waals surface area contributed by atoms with Gasteiger partial charge in [-0.25, -0.2) is 9.59 Å². The largest absolute Gasteiger partial charge is 0.497 e. The van der Waals surface area contributed by atoms with E-state index < -0.39 is 11.9 Å². The van der Waals surface area contributed by atoms with E-state index in [2.05, 4.69) is 10.2 Å². The molecule has 0 atom stereocenters. The van der Waals surface area contributed by atoms with Gasteiger partial charge in [0.2, 0.25) is 0 Å². The molecule has 0 radical (unpaired) electrons. The van der Waals surface area contributed by atoms with Crippen LogP contribution < -0.4 is 9.47 Å². The third-order valence-corrected chi connectivity index (χ3v) is 7.18. The minimum Gasteiger partial charge on any atom is -0.497 e. The van der Waals surface area contributed by atoms with Crippen LogP contribution >= 0.6 is 11.8 Å². The highest BCUT2D eigenvalue weighted by Gasteiger charge is 2.20. The van der Waals surface area contributed by atoms with E-state index in [-0.39, 0.29) is 10.5 Å². The summed E-state index contributed by atoms with van der Waals surface area (Å²) in [7, 11) is 3.13. The molecule has 0 saturated heterocycles. The smallest absolute Gasteiger partial charge is 0.342 e. The van der Waals surface area contributed by atoms with Crippen molar-refractivity contribution in [2.24, 2.45) is 0 Å². The number of aryl methyl sites for hydroxylation is 1. The van der Waals surface area contributed by atoms with E-state index in [1.165, 1.54) is 12.1 Å². The molecule has 0 spiro atoms. The highest BCUT2D eigenvalue weighted by molar-refractivity contribution is 8.04. The van der Waals surface area contributed by atoms with Gasteiger partial charge in [-0.05, 0) is 86.6 Å². The molecule has 2 N–H and O–H groups in total. The van der Waals surface area contributed by atoms with Gasteiger partial charge < -0.3 is 28.8 Å². The van der Waals surface area contributed by atoms with Crippen molar-refractivity contribution in [1.29, 1.82) is 0 Å². The summed E-state index contributed by atoms with van der Waals surface area (Å²) in [5.74, 6) is -0.328. The van der Waals surface area contributed by atoms with Crippen LogP contribution in [0.25, 0.3) is 23.2 Å². The zero-order chi connectivity index (χ0) is 28.3. The number of aromatic carboxylic acids is 1. The minimum atomic E-state index is -1.09. The first-order chi connectivity index (χ1) is 18.7. The van der Waals surface area contributed by atoms with Crippen molar-refractivity contribution in [3.8, 4) is 28.6 Å². The molecule has 4 rings (SSSR count). The molecule has 10 nitrogen and oxygen atoms in total. The number of carboxylic acid groups (broad SMARTS) is 2. The summed E-state index contributed by atoms with van der Waals surface area (Å²) in [5, 5.41) is 28.3. The predicted octanol–water partition coefficient (Wildman–Crippen LogP) is 5.31. The van der Waals surface area contributed by atoms with Crippen LogP contribution in [-0.4, -0.2) is 55.7 Å². The maximum atomic E-state index is 12.3. The Hall–Kier alpha value is -4.51. The van der Waals surface area contributed by atoms with Gasteiger partial charge in [0.05, 0.1) is 19.8 Å². The van der Waals surface area contributed by atoms with Crippen molar-refractivity contribution >= 4 is 29.8 Å². The topological polar surface area (TPSA) is 129 Å².